The van der Waals surface area contributed by atoms with Gasteiger partial charge in [-0.05, 0) is 0 Å². The normalized spacial score (nSPS) is 9.80. The van der Waals surface area contributed by atoms with Crippen LogP contribution in [0.4, 0.5) is 5.82 Å². The first-order valence-electron chi connectivity index (χ1n) is 4.52. The average molecular weight is 213 g/mol. The highest BCUT2D eigenvalue weighted by atomic mass is 16.5. The molecule has 0 spiro atoms. The standard InChI is InChI=1S/C9H15N3O3/c1-10-8-7(14-3)9(12-6-11-8)15-5-4-13-2/h6H,4-5H2,1-3H3,(H,10,11,12). The van der Waals surface area contributed by atoms with Gasteiger partial charge in [0.05, 0.1) is 13.7 Å². The van der Waals surface area contributed by atoms with Gasteiger partial charge >= 0.3 is 0 Å². The lowest BCUT2D eigenvalue weighted by Gasteiger charge is -2.11. The molecule has 0 bridgehead atoms. The van der Waals surface area contributed by atoms with Crippen LogP contribution in [0.5, 0.6) is 11.6 Å². The lowest BCUT2D eigenvalue weighted by molar-refractivity contribution is 0.141. The smallest absolute Gasteiger partial charge is 0.262 e. The summed E-state index contributed by atoms with van der Waals surface area (Å²) in [7, 11) is 4.91. The molecular formula is C9H15N3O3. The molecule has 0 aliphatic heterocycles. The highest BCUT2D eigenvalue weighted by Crippen LogP contribution is 2.30. The van der Waals surface area contributed by atoms with Crippen molar-refractivity contribution in [3.8, 4) is 11.6 Å². The zero-order valence-corrected chi connectivity index (χ0v) is 9.11. The van der Waals surface area contributed by atoms with Crippen LogP contribution in [0.15, 0.2) is 6.33 Å². The van der Waals surface area contributed by atoms with E-state index >= 15 is 0 Å². The van der Waals surface area contributed by atoms with Crippen LogP contribution < -0.4 is 14.8 Å². The molecule has 6 nitrogen and oxygen atoms in total. The van der Waals surface area contributed by atoms with Gasteiger partial charge in [-0.2, -0.15) is 4.98 Å². The first-order chi connectivity index (χ1) is 7.33. The number of methoxy groups -OCH3 is 2. The lowest BCUT2D eigenvalue weighted by Crippen LogP contribution is -2.08. The summed E-state index contributed by atoms with van der Waals surface area (Å²) in [5.41, 5.74) is 0. The maximum atomic E-state index is 5.37. The minimum Gasteiger partial charge on any atom is -0.489 e. The Morgan fingerprint density at radius 3 is 2.67 bits per heavy atom. The molecule has 0 amide bonds. The number of nitrogens with one attached hydrogen (secondary N) is 1. The van der Waals surface area contributed by atoms with Crippen molar-refractivity contribution >= 4 is 5.82 Å². The lowest BCUT2D eigenvalue weighted by atomic mass is 10.5. The summed E-state index contributed by atoms with van der Waals surface area (Å²) in [4.78, 5) is 7.97. The molecule has 0 aliphatic carbocycles. The van der Waals surface area contributed by atoms with Crippen molar-refractivity contribution in [1.82, 2.24) is 9.97 Å². The van der Waals surface area contributed by atoms with Crippen LogP contribution in [0.25, 0.3) is 0 Å². The number of anilines is 1. The van der Waals surface area contributed by atoms with E-state index in [9.17, 15) is 0 Å². The summed E-state index contributed by atoms with van der Waals surface area (Å²) < 4.78 is 15.4. The van der Waals surface area contributed by atoms with E-state index < -0.39 is 0 Å². The third kappa shape index (κ3) is 2.95. The van der Waals surface area contributed by atoms with Crippen LogP contribution in [0, 0.1) is 0 Å². The van der Waals surface area contributed by atoms with Crippen LogP contribution in [-0.2, 0) is 4.74 Å². The minimum absolute atomic E-state index is 0.411. The third-order valence-corrected chi connectivity index (χ3v) is 1.74. The Hall–Kier alpha value is -1.56. The predicted molar refractivity (Wildman–Crippen MR) is 55.5 cm³/mol. The van der Waals surface area contributed by atoms with E-state index in [1.54, 1.807) is 21.3 Å². The fraction of sp³-hybridized carbons (Fsp3) is 0.556. The summed E-state index contributed by atoms with van der Waals surface area (Å²) in [6.45, 7) is 0.926. The molecule has 0 saturated heterocycles. The molecule has 0 radical (unpaired) electrons. The van der Waals surface area contributed by atoms with Gasteiger partial charge in [0, 0.05) is 14.2 Å². The highest BCUT2D eigenvalue weighted by Gasteiger charge is 2.11. The fourth-order valence-electron chi connectivity index (χ4n) is 1.04. The molecule has 1 N–H and O–H groups in total. The Kier molecular flexibility index (Phi) is 4.62. The summed E-state index contributed by atoms with van der Waals surface area (Å²) >= 11 is 0. The van der Waals surface area contributed by atoms with Gasteiger partial charge in [0.2, 0.25) is 5.75 Å². The highest BCUT2D eigenvalue weighted by molar-refractivity contribution is 5.54. The molecule has 1 aromatic rings. The van der Waals surface area contributed by atoms with E-state index in [1.165, 1.54) is 6.33 Å². The number of rotatable bonds is 6. The number of aromatic nitrogens is 2. The number of nitrogens with zero attached hydrogens (tertiary/aromatic N) is 2. The minimum atomic E-state index is 0.411. The van der Waals surface area contributed by atoms with E-state index in [2.05, 4.69) is 15.3 Å². The first-order valence-corrected chi connectivity index (χ1v) is 4.52. The average Bonchev–Trinajstić information content (AvgIpc) is 2.29. The predicted octanol–water partition coefficient (Wildman–Crippen LogP) is 0.552. The van der Waals surface area contributed by atoms with E-state index in [0.29, 0.717) is 30.7 Å². The molecular weight excluding hydrogens is 198 g/mol. The molecule has 1 aromatic heterocycles. The van der Waals surface area contributed by atoms with Crippen LogP contribution in [-0.4, -0.2) is 44.4 Å². The molecule has 0 aromatic carbocycles. The summed E-state index contributed by atoms with van der Waals surface area (Å²) in [5.74, 6) is 1.50. The van der Waals surface area contributed by atoms with Crippen LogP contribution >= 0.6 is 0 Å². The monoisotopic (exact) mass is 213 g/mol. The largest absolute Gasteiger partial charge is 0.489 e. The SMILES string of the molecule is CNc1ncnc(OCCOC)c1OC. The van der Waals surface area contributed by atoms with Crippen molar-refractivity contribution < 1.29 is 14.2 Å². The van der Waals surface area contributed by atoms with Crippen molar-refractivity contribution in [1.29, 1.82) is 0 Å². The molecule has 0 atom stereocenters. The van der Waals surface area contributed by atoms with Crippen molar-refractivity contribution in [2.75, 3.05) is 39.8 Å². The second-order valence-electron chi connectivity index (χ2n) is 2.65. The van der Waals surface area contributed by atoms with Gasteiger partial charge in [-0.25, -0.2) is 4.98 Å². The van der Waals surface area contributed by atoms with E-state index in [1.807, 2.05) is 0 Å². The maximum Gasteiger partial charge on any atom is 0.262 e. The molecule has 0 fully saturated rings. The van der Waals surface area contributed by atoms with Crippen molar-refractivity contribution in [3.63, 3.8) is 0 Å². The Labute approximate surface area is 88.6 Å². The first kappa shape index (κ1) is 11.5. The second kappa shape index (κ2) is 6.02. The molecule has 0 unspecified atom stereocenters. The molecule has 1 heterocycles. The molecule has 15 heavy (non-hydrogen) atoms. The quantitative estimate of drug-likeness (QED) is 0.696. The number of hydrogen-bond acceptors (Lipinski definition) is 6. The molecule has 0 aliphatic rings. The maximum absolute atomic E-state index is 5.37. The van der Waals surface area contributed by atoms with Gasteiger partial charge in [-0.1, -0.05) is 0 Å². The fourth-order valence-corrected chi connectivity index (χ4v) is 1.04. The second-order valence-corrected chi connectivity index (χ2v) is 2.65. The summed E-state index contributed by atoms with van der Waals surface area (Å²) in [6.07, 6.45) is 1.41. The van der Waals surface area contributed by atoms with Gasteiger partial charge < -0.3 is 19.5 Å². The Morgan fingerprint density at radius 1 is 1.27 bits per heavy atom. The van der Waals surface area contributed by atoms with E-state index in [0.717, 1.165) is 0 Å². The van der Waals surface area contributed by atoms with Crippen LogP contribution in [0.1, 0.15) is 0 Å². The van der Waals surface area contributed by atoms with E-state index in [4.69, 9.17) is 14.2 Å². The van der Waals surface area contributed by atoms with Gasteiger partial charge in [-0.15, -0.1) is 0 Å². The van der Waals surface area contributed by atoms with Crippen LogP contribution in [0.2, 0.25) is 0 Å². The topological polar surface area (TPSA) is 65.5 Å². The summed E-state index contributed by atoms with van der Waals surface area (Å²) in [5, 5.41) is 2.89. The zero-order valence-electron chi connectivity index (χ0n) is 9.11. The Bertz CT molecular complexity index is 307. The zero-order chi connectivity index (χ0) is 11.1. The third-order valence-electron chi connectivity index (χ3n) is 1.74. The Morgan fingerprint density at radius 2 is 2.07 bits per heavy atom. The van der Waals surface area contributed by atoms with Gasteiger partial charge in [-0.3, -0.25) is 0 Å². The van der Waals surface area contributed by atoms with Gasteiger partial charge in [0.25, 0.3) is 5.88 Å². The number of hydrogen-bond donors (Lipinski definition) is 1. The van der Waals surface area contributed by atoms with Gasteiger partial charge in [0.1, 0.15) is 12.9 Å². The van der Waals surface area contributed by atoms with Crippen molar-refractivity contribution in [2.45, 2.75) is 0 Å². The molecule has 1 rings (SSSR count). The van der Waals surface area contributed by atoms with E-state index in [-0.39, 0.29) is 0 Å². The van der Waals surface area contributed by atoms with Crippen LogP contribution in [0.3, 0.4) is 0 Å². The summed E-state index contributed by atoms with van der Waals surface area (Å²) in [6, 6.07) is 0. The molecule has 6 heteroatoms. The Balaban J connectivity index is 2.76. The van der Waals surface area contributed by atoms with Crippen molar-refractivity contribution in [3.05, 3.63) is 6.33 Å². The van der Waals surface area contributed by atoms with Crippen molar-refractivity contribution in [2.24, 2.45) is 0 Å². The number of ether oxygens (including phenoxy) is 3. The molecule has 84 valence electrons. The van der Waals surface area contributed by atoms with Gasteiger partial charge in [0.15, 0.2) is 5.82 Å². The molecule has 0 saturated carbocycles.